The van der Waals surface area contributed by atoms with E-state index in [2.05, 4.69) is 10.1 Å². The Labute approximate surface area is 146 Å². The van der Waals surface area contributed by atoms with Gasteiger partial charge in [-0.2, -0.15) is 5.10 Å². The van der Waals surface area contributed by atoms with Crippen molar-refractivity contribution in [2.45, 2.75) is 25.4 Å². The number of carbonyl (C=O) groups is 1. The summed E-state index contributed by atoms with van der Waals surface area (Å²) in [6.45, 7) is 2.24. The van der Waals surface area contributed by atoms with Gasteiger partial charge in [0, 0.05) is 50.0 Å². The van der Waals surface area contributed by atoms with Gasteiger partial charge in [-0.25, -0.2) is 4.98 Å². The second kappa shape index (κ2) is 6.93. The maximum atomic E-state index is 12.9. The van der Waals surface area contributed by atoms with Crippen molar-refractivity contribution >= 4 is 5.91 Å². The number of rotatable bonds is 4. The van der Waals surface area contributed by atoms with Crippen molar-refractivity contribution < 1.29 is 4.79 Å². The second-order valence-corrected chi connectivity index (χ2v) is 6.47. The maximum absolute atomic E-state index is 12.9. The summed E-state index contributed by atoms with van der Waals surface area (Å²) in [6, 6.07) is 10.1. The van der Waals surface area contributed by atoms with E-state index < -0.39 is 0 Å². The number of imidazole rings is 1. The lowest BCUT2D eigenvalue weighted by atomic mass is 10.0. The Bertz CT molecular complexity index is 825. The predicted octanol–water partition coefficient (Wildman–Crippen LogP) is 2.61. The lowest BCUT2D eigenvalue weighted by Gasteiger charge is -2.33. The van der Waals surface area contributed by atoms with Gasteiger partial charge in [-0.3, -0.25) is 9.48 Å². The molecule has 3 heterocycles. The Morgan fingerprint density at radius 1 is 1.20 bits per heavy atom. The monoisotopic (exact) mass is 335 g/mol. The second-order valence-electron chi connectivity index (χ2n) is 6.47. The Morgan fingerprint density at radius 3 is 2.96 bits per heavy atom. The number of hydrogen-bond donors (Lipinski definition) is 0. The van der Waals surface area contributed by atoms with Crippen LogP contribution in [-0.4, -0.2) is 43.2 Å². The summed E-state index contributed by atoms with van der Waals surface area (Å²) in [7, 11) is 0. The minimum absolute atomic E-state index is 0.101. The van der Waals surface area contributed by atoms with Gasteiger partial charge >= 0.3 is 0 Å². The molecule has 6 nitrogen and oxygen atoms in total. The van der Waals surface area contributed by atoms with Gasteiger partial charge in [-0.1, -0.05) is 12.1 Å². The first-order valence-electron chi connectivity index (χ1n) is 8.63. The molecular weight excluding hydrogens is 314 g/mol. The lowest BCUT2D eigenvalue weighted by molar-refractivity contribution is 0.0673. The largest absolute Gasteiger partial charge is 0.337 e. The third-order valence-corrected chi connectivity index (χ3v) is 4.68. The molecule has 3 aromatic rings. The van der Waals surface area contributed by atoms with E-state index in [1.165, 1.54) is 0 Å². The zero-order chi connectivity index (χ0) is 17.1. The Kier molecular flexibility index (Phi) is 4.33. The van der Waals surface area contributed by atoms with Gasteiger partial charge in [0.25, 0.3) is 5.91 Å². The van der Waals surface area contributed by atoms with Gasteiger partial charge in [0.15, 0.2) is 0 Å². The summed E-state index contributed by atoms with van der Waals surface area (Å²) in [5.74, 6) is 0.101. The van der Waals surface area contributed by atoms with Gasteiger partial charge in [-0.15, -0.1) is 0 Å². The average molecular weight is 335 g/mol. The van der Waals surface area contributed by atoms with E-state index >= 15 is 0 Å². The fraction of sp³-hybridized carbons (Fsp3) is 0.316. The SMILES string of the molecule is O=C(c1cccc(Cn2ccnc2)c1)N1CCC[C@@H](n2cccn2)C1. The van der Waals surface area contributed by atoms with Crippen LogP contribution in [0.1, 0.15) is 34.8 Å². The first kappa shape index (κ1) is 15.6. The average Bonchev–Trinajstić information content (AvgIpc) is 3.35. The minimum Gasteiger partial charge on any atom is -0.337 e. The molecule has 2 aromatic heterocycles. The molecule has 1 fully saturated rings. The molecule has 1 aromatic carbocycles. The fourth-order valence-corrected chi connectivity index (χ4v) is 3.43. The van der Waals surface area contributed by atoms with Crippen molar-refractivity contribution in [2.75, 3.05) is 13.1 Å². The highest BCUT2D eigenvalue weighted by Gasteiger charge is 2.25. The van der Waals surface area contributed by atoms with E-state index in [4.69, 9.17) is 0 Å². The molecule has 0 radical (unpaired) electrons. The van der Waals surface area contributed by atoms with Crippen LogP contribution in [0.5, 0.6) is 0 Å². The van der Waals surface area contributed by atoms with E-state index in [1.807, 2.05) is 56.9 Å². The molecule has 0 unspecified atom stereocenters. The highest BCUT2D eigenvalue weighted by atomic mass is 16.2. The van der Waals surface area contributed by atoms with E-state index in [0.29, 0.717) is 6.54 Å². The molecule has 0 aliphatic carbocycles. The zero-order valence-corrected chi connectivity index (χ0v) is 14.0. The van der Waals surface area contributed by atoms with Crippen LogP contribution in [0.3, 0.4) is 0 Å². The van der Waals surface area contributed by atoms with Crippen LogP contribution in [-0.2, 0) is 6.54 Å². The Hall–Kier alpha value is -2.89. The van der Waals surface area contributed by atoms with Gasteiger partial charge in [0.05, 0.1) is 12.4 Å². The summed E-state index contributed by atoms with van der Waals surface area (Å²) in [5.41, 5.74) is 1.85. The quantitative estimate of drug-likeness (QED) is 0.736. The summed E-state index contributed by atoms with van der Waals surface area (Å²) in [4.78, 5) is 19.0. The summed E-state index contributed by atoms with van der Waals surface area (Å²) >= 11 is 0. The number of nitrogens with zero attached hydrogens (tertiary/aromatic N) is 5. The molecule has 1 amide bonds. The molecule has 0 bridgehead atoms. The molecule has 0 N–H and O–H groups in total. The number of piperidine rings is 1. The van der Waals surface area contributed by atoms with Crippen LogP contribution in [0.25, 0.3) is 0 Å². The fourth-order valence-electron chi connectivity index (χ4n) is 3.43. The molecule has 0 spiro atoms. The smallest absolute Gasteiger partial charge is 0.253 e. The Balaban J connectivity index is 1.48. The summed E-state index contributed by atoms with van der Waals surface area (Å²) < 4.78 is 3.97. The van der Waals surface area contributed by atoms with Crippen molar-refractivity contribution in [2.24, 2.45) is 0 Å². The lowest BCUT2D eigenvalue weighted by Crippen LogP contribution is -2.40. The Morgan fingerprint density at radius 2 is 2.16 bits per heavy atom. The highest BCUT2D eigenvalue weighted by molar-refractivity contribution is 5.94. The number of carbonyl (C=O) groups excluding carboxylic acids is 1. The third kappa shape index (κ3) is 3.47. The molecule has 6 heteroatoms. The molecule has 4 rings (SSSR count). The molecule has 0 saturated carbocycles. The topological polar surface area (TPSA) is 56.0 Å². The van der Waals surface area contributed by atoms with Crippen molar-refractivity contribution in [3.8, 4) is 0 Å². The molecule has 1 aliphatic heterocycles. The number of hydrogen-bond acceptors (Lipinski definition) is 3. The predicted molar refractivity (Wildman–Crippen MR) is 94.2 cm³/mol. The third-order valence-electron chi connectivity index (χ3n) is 4.68. The molecule has 128 valence electrons. The van der Waals surface area contributed by atoms with Crippen LogP contribution < -0.4 is 0 Å². The van der Waals surface area contributed by atoms with Crippen molar-refractivity contribution in [1.29, 1.82) is 0 Å². The normalized spacial score (nSPS) is 17.6. The minimum atomic E-state index is 0.101. The van der Waals surface area contributed by atoms with Crippen LogP contribution in [0.15, 0.2) is 61.4 Å². The summed E-state index contributed by atoms with van der Waals surface area (Å²) in [6.07, 6.45) is 11.3. The van der Waals surface area contributed by atoms with Crippen LogP contribution in [0, 0.1) is 0 Å². The van der Waals surface area contributed by atoms with Crippen LogP contribution in [0.4, 0.5) is 0 Å². The van der Waals surface area contributed by atoms with Crippen LogP contribution in [0.2, 0.25) is 0 Å². The van der Waals surface area contributed by atoms with Crippen molar-refractivity contribution in [3.63, 3.8) is 0 Å². The van der Waals surface area contributed by atoms with Gasteiger partial charge in [0.2, 0.25) is 0 Å². The number of aromatic nitrogens is 4. The van der Waals surface area contributed by atoms with Gasteiger partial charge in [0.1, 0.15) is 0 Å². The maximum Gasteiger partial charge on any atom is 0.253 e. The zero-order valence-electron chi connectivity index (χ0n) is 14.0. The highest BCUT2D eigenvalue weighted by Crippen LogP contribution is 2.22. The number of benzene rings is 1. The molecule has 1 atom stereocenters. The van der Waals surface area contributed by atoms with E-state index in [1.54, 1.807) is 18.7 Å². The molecule has 1 saturated heterocycles. The molecule has 1 aliphatic rings. The summed E-state index contributed by atoms with van der Waals surface area (Å²) in [5, 5.41) is 4.33. The van der Waals surface area contributed by atoms with Crippen molar-refractivity contribution in [3.05, 3.63) is 72.6 Å². The van der Waals surface area contributed by atoms with Gasteiger partial charge < -0.3 is 9.47 Å². The first-order chi connectivity index (χ1) is 12.3. The molecule has 25 heavy (non-hydrogen) atoms. The number of amides is 1. The first-order valence-corrected chi connectivity index (χ1v) is 8.63. The van der Waals surface area contributed by atoms with E-state index in [0.717, 1.165) is 37.1 Å². The molecular formula is C19H21N5O. The van der Waals surface area contributed by atoms with E-state index in [-0.39, 0.29) is 11.9 Å². The standard InChI is InChI=1S/C19H21N5O/c25-19(23-9-2-6-18(14-23)24-10-3-7-21-24)17-5-1-4-16(12-17)13-22-11-8-20-15-22/h1,3-5,7-8,10-12,15,18H,2,6,9,13-14H2/t18-/m1/s1. The van der Waals surface area contributed by atoms with Crippen molar-refractivity contribution in [1.82, 2.24) is 24.2 Å². The van der Waals surface area contributed by atoms with E-state index in [9.17, 15) is 4.79 Å². The number of likely N-dealkylation sites (tertiary alicyclic amines) is 1. The van der Waals surface area contributed by atoms with Crippen LogP contribution >= 0.6 is 0 Å². The van der Waals surface area contributed by atoms with Gasteiger partial charge in [-0.05, 0) is 36.6 Å².